The lowest BCUT2D eigenvalue weighted by Gasteiger charge is -2.19. The number of nitrogens with zero attached hydrogens (tertiary/aromatic N) is 1. The molecule has 1 atom stereocenters. The van der Waals surface area contributed by atoms with E-state index < -0.39 is 0 Å². The first-order valence-corrected chi connectivity index (χ1v) is 9.51. The van der Waals surface area contributed by atoms with Crippen molar-refractivity contribution in [1.82, 2.24) is 10.2 Å². The number of ether oxygens (including phenoxy) is 2. The van der Waals surface area contributed by atoms with Crippen LogP contribution < -0.4 is 14.8 Å². The highest BCUT2D eigenvalue weighted by Crippen LogP contribution is 2.37. The van der Waals surface area contributed by atoms with Crippen LogP contribution in [0.15, 0.2) is 12.1 Å². The van der Waals surface area contributed by atoms with Crippen LogP contribution in [0.1, 0.15) is 43.5 Å². The minimum Gasteiger partial charge on any atom is -0.490 e. The lowest BCUT2D eigenvalue weighted by molar-refractivity contribution is 0.0786. The van der Waals surface area contributed by atoms with Crippen LogP contribution in [-0.4, -0.2) is 50.7 Å². The van der Waals surface area contributed by atoms with Crippen LogP contribution in [0.2, 0.25) is 5.02 Å². The zero-order chi connectivity index (χ0) is 18.2. The van der Waals surface area contributed by atoms with Crippen molar-refractivity contribution in [1.29, 1.82) is 0 Å². The first kappa shape index (κ1) is 22.9. The maximum absolute atomic E-state index is 12.8. The van der Waals surface area contributed by atoms with Gasteiger partial charge in [-0.15, -0.1) is 12.4 Å². The van der Waals surface area contributed by atoms with Crippen molar-refractivity contribution in [3.05, 3.63) is 22.7 Å². The van der Waals surface area contributed by atoms with Crippen molar-refractivity contribution >= 4 is 29.9 Å². The van der Waals surface area contributed by atoms with Gasteiger partial charge in [0.1, 0.15) is 0 Å². The molecule has 1 unspecified atom stereocenters. The number of benzene rings is 1. The number of hydrogen-bond donors (Lipinski definition) is 1. The molecule has 26 heavy (non-hydrogen) atoms. The third-order valence-electron chi connectivity index (χ3n) is 4.37. The number of hydrogen-bond acceptors (Lipinski definition) is 4. The molecule has 1 aliphatic rings. The molecule has 1 heterocycles. The summed E-state index contributed by atoms with van der Waals surface area (Å²) in [5.41, 5.74) is 0.557. The molecule has 5 nitrogen and oxygen atoms in total. The summed E-state index contributed by atoms with van der Waals surface area (Å²) in [5.74, 6) is 1.58. The van der Waals surface area contributed by atoms with E-state index in [0.717, 1.165) is 38.9 Å². The third kappa shape index (κ3) is 5.93. The van der Waals surface area contributed by atoms with Crippen LogP contribution in [0.4, 0.5) is 0 Å². The normalized spacial score (nSPS) is 16.3. The van der Waals surface area contributed by atoms with Gasteiger partial charge in [-0.25, -0.2) is 0 Å². The summed E-state index contributed by atoms with van der Waals surface area (Å²) in [5, 5.41) is 3.61. The molecular weight excluding hydrogens is 375 g/mol. The molecule has 1 aromatic rings. The van der Waals surface area contributed by atoms with Gasteiger partial charge in [-0.2, -0.15) is 0 Å². The molecule has 0 radical (unpaired) electrons. The van der Waals surface area contributed by atoms with Gasteiger partial charge in [0.25, 0.3) is 5.91 Å². The second-order valence-electron chi connectivity index (χ2n) is 6.38. The van der Waals surface area contributed by atoms with Crippen LogP contribution in [0.5, 0.6) is 11.5 Å². The van der Waals surface area contributed by atoms with Gasteiger partial charge in [-0.05, 0) is 51.4 Å². The monoisotopic (exact) mass is 404 g/mol. The standard InChI is InChI=1S/C19H29ClN2O3.ClH/c1-4-6-9-25-18-16(20)10-15(11-17(18)24-5-2)19(23)22-8-7-14(13-22)12-21-3;/h10-11,14,21H,4-9,12-13H2,1-3H3;1H. The maximum Gasteiger partial charge on any atom is 0.254 e. The molecule has 1 saturated heterocycles. The predicted octanol–water partition coefficient (Wildman–Crippen LogP) is 4.02. The van der Waals surface area contributed by atoms with Crippen LogP contribution in [0, 0.1) is 5.92 Å². The minimum atomic E-state index is 0. The Morgan fingerprint density at radius 3 is 2.77 bits per heavy atom. The highest BCUT2D eigenvalue weighted by molar-refractivity contribution is 6.32. The predicted molar refractivity (Wildman–Crippen MR) is 108 cm³/mol. The van der Waals surface area contributed by atoms with Crippen LogP contribution in [0.25, 0.3) is 0 Å². The van der Waals surface area contributed by atoms with Gasteiger partial charge >= 0.3 is 0 Å². The SMILES string of the molecule is CCCCOc1c(Cl)cc(C(=O)N2CCC(CNC)C2)cc1OCC.Cl. The summed E-state index contributed by atoms with van der Waals surface area (Å²) in [6.07, 6.45) is 3.01. The molecule has 7 heteroatoms. The number of halogens is 2. The molecule has 2 rings (SSSR count). The van der Waals surface area contributed by atoms with Gasteiger partial charge < -0.3 is 19.7 Å². The molecule has 0 spiro atoms. The Morgan fingerprint density at radius 2 is 2.12 bits per heavy atom. The third-order valence-corrected chi connectivity index (χ3v) is 4.65. The van der Waals surface area contributed by atoms with Gasteiger partial charge in [0, 0.05) is 18.7 Å². The summed E-state index contributed by atoms with van der Waals surface area (Å²) < 4.78 is 11.5. The summed E-state index contributed by atoms with van der Waals surface area (Å²) >= 11 is 6.39. The number of rotatable bonds is 9. The van der Waals surface area contributed by atoms with Gasteiger partial charge in [0.15, 0.2) is 11.5 Å². The maximum atomic E-state index is 12.8. The Morgan fingerprint density at radius 1 is 1.35 bits per heavy atom. The molecule has 0 bridgehead atoms. The molecule has 0 aliphatic carbocycles. The number of carbonyl (C=O) groups excluding carboxylic acids is 1. The Bertz CT molecular complexity index is 584. The Labute approximate surface area is 167 Å². The molecular formula is C19H30Cl2N2O3. The first-order valence-electron chi connectivity index (χ1n) is 9.13. The zero-order valence-electron chi connectivity index (χ0n) is 15.8. The topological polar surface area (TPSA) is 50.8 Å². The number of likely N-dealkylation sites (tertiary alicyclic amines) is 1. The molecule has 1 aliphatic heterocycles. The minimum absolute atomic E-state index is 0. The van der Waals surface area contributed by atoms with Crippen molar-refractivity contribution in [2.75, 3.05) is 39.9 Å². The number of carbonyl (C=O) groups is 1. The summed E-state index contributed by atoms with van der Waals surface area (Å²) in [4.78, 5) is 14.7. The average Bonchev–Trinajstić information content (AvgIpc) is 3.05. The molecule has 0 aromatic heterocycles. The van der Waals surface area contributed by atoms with E-state index in [1.807, 2.05) is 18.9 Å². The smallest absolute Gasteiger partial charge is 0.254 e. The fourth-order valence-corrected chi connectivity index (χ4v) is 3.33. The van der Waals surface area contributed by atoms with Gasteiger partial charge in [-0.3, -0.25) is 4.79 Å². The molecule has 148 valence electrons. The van der Waals surface area contributed by atoms with Crippen molar-refractivity contribution < 1.29 is 14.3 Å². The number of amides is 1. The van der Waals surface area contributed by atoms with E-state index in [4.69, 9.17) is 21.1 Å². The second-order valence-corrected chi connectivity index (χ2v) is 6.79. The van der Waals surface area contributed by atoms with E-state index >= 15 is 0 Å². The fourth-order valence-electron chi connectivity index (χ4n) is 3.07. The van der Waals surface area contributed by atoms with E-state index in [9.17, 15) is 4.79 Å². The largest absolute Gasteiger partial charge is 0.490 e. The Hall–Kier alpha value is -1.17. The first-order chi connectivity index (χ1) is 12.1. The molecule has 1 N–H and O–H groups in total. The Balaban J connectivity index is 0.00000338. The van der Waals surface area contributed by atoms with Crippen LogP contribution in [-0.2, 0) is 0 Å². The van der Waals surface area contributed by atoms with Gasteiger partial charge in [-0.1, -0.05) is 24.9 Å². The van der Waals surface area contributed by atoms with Crippen molar-refractivity contribution in [2.45, 2.75) is 33.1 Å². The van der Waals surface area contributed by atoms with Crippen molar-refractivity contribution in [2.24, 2.45) is 5.92 Å². The van der Waals surface area contributed by atoms with Gasteiger partial charge in [0.2, 0.25) is 0 Å². The number of unbranched alkanes of at least 4 members (excludes halogenated alkanes) is 1. The molecule has 1 amide bonds. The van der Waals surface area contributed by atoms with E-state index in [-0.39, 0.29) is 18.3 Å². The van der Waals surface area contributed by atoms with Gasteiger partial charge in [0.05, 0.1) is 18.2 Å². The average molecular weight is 405 g/mol. The van der Waals surface area contributed by atoms with E-state index in [1.165, 1.54) is 0 Å². The quantitative estimate of drug-likeness (QED) is 0.631. The van der Waals surface area contributed by atoms with Crippen LogP contribution in [0.3, 0.4) is 0 Å². The zero-order valence-corrected chi connectivity index (χ0v) is 17.4. The fraction of sp³-hybridized carbons (Fsp3) is 0.632. The van der Waals surface area contributed by atoms with E-state index in [0.29, 0.717) is 41.2 Å². The van der Waals surface area contributed by atoms with Crippen molar-refractivity contribution in [3.63, 3.8) is 0 Å². The molecule has 0 saturated carbocycles. The van der Waals surface area contributed by atoms with E-state index in [1.54, 1.807) is 12.1 Å². The highest BCUT2D eigenvalue weighted by Gasteiger charge is 2.27. The summed E-state index contributed by atoms with van der Waals surface area (Å²) in [7, 11) is 1.94. The lowest BCUT2D eigenvalue weighted by Crippen LogP contribution is -2.30. The second kappa shape index (κ2) is 11.5. The lowest BCUT2D eigenvalue weighted by atomic mass is 10.1. The Kier molecular flexibility index (Phi) is 10.1. The summed E-state index contributed by atoms with van der Waals surface area (Å²) in [6, 6.07) is 3.45. The van der Waals surface area contributed by atoms with Crippen molar-refractivity contribution in [3.8, 4) is 11.5 Å². The molecule has 1 aromatic carbocycles. The van der Waals surface area contributed by atoms with Crippen LogP contribution >= 0.6 is 24.0 Å². The highest BCUT2D eigenvalue weighted by atomic mass is 35.5. The number of nitrogens with one attached hydrogen (secondary N) is 1. The van der Waals surface area contributed by atoms with E-state index in [2.05, 4.69) is 12.2 Å². The molecule has 1 fully saturated rings. The summed E-state index contributed by atoms with van der Waals surface area (Å²) in [6.45, 7) is 7.57.